The molecule has 0 bridgehead atoms. The summed E-state index contributed by atoms with van der Waals surface area (Å²) in [7, 11) is 0. The van der Waals surface area contributed by atoms with Crippen LogP contribution in [0, 0.1) is 0 Å². The second kappa shape index (κ2) is 7.56. The molecule has 0 aromatic carbocycles. The van der Waals surface area contributed by atoms with Crippen LogP contribution in [0.15, 0.2) is 41.9 Å². The molecule has 4 heteroatoms. The van der Waals surface area contributed by atoms with Gasteiger partial charge in [-0.3, -0.25) is 4.98 Å². The third kappa shape index (κ3) is 3.81. The molecule has 2 aromatic heterocycles. The summed E-state index contributed by atoms with van der Waals surface area (Å²) in [5.41, 5.74) is 1.54. The Morgan fingerprint density at radius 1 is 1.12 bits per heavy atom. The van der Waals surface area contributed by atoms with Gasteiger partial charge in [0.15, 0.2) is 0 Å². The van der Waals surface area contributed by atoms with Gasteiger partial charge in [-0.15, -0.1) is 11.3 Å². The third-order valence-electron chi connectivity index (χ3n) is 6.03. The molecule has 1 N–H and O–H groups in total. The maximum atomic E-state index is 6.32. The van der Waals surface area contributed by atoms with E-state index in [0.29, 0.717) is 0 Å². The molecule has 3 nitrogen and oxygen atoms in total. The number of pyridine rings is 1. The van der Waals surface area contributed by atoms with Crippen molar-refractivity contribution < 1.29 is 4.74 Å². The number of ether oxygens (including phenoxy) is 1. The lowest BCUT2D eigenvalue weighted by Crippen LogP contribution is -2.47. The van der Waals surface area contributed by atoms with Crippen LogP contribution in [0.25, 0.3) is 0 Å². The Kier molecular flexibility index (Phi) is 5.20. The van der Waals surface area contributed by atoms with Crippen LogP contribution in [0.2, 0.25) is 0 Å². The number of aromatic nitrogens is 1. The zero-order valence-corrected chi connectivity index (χ0v) is 15.7. The molecule has 1 aliphatic carbocycles. The average molecular weight is 357 g/mol. The number of nitrogens with zero attached hydrogens (tertiary/aromatic N) is 1. The average Bonchev–Trinajstić information content (AvgIpc) is 3.32. The topological polar surface area (TPSA) is 34.1 Å². The normalized spacial score (nSPS) is 25.4. The predicted molar refractivity (Wildman–Crippen MR) is 103 cm³/mol. The molecular weight excluding hydrogens is 328 g/mol. The molecule has 0 radical (unpaired) electrons. The van der Waals surface area contributed by atoms with Crippen LogP contribution in [-0.4, -0.2) is 23.7 Å². The Balaban J connectivity index is 1.48. The largest absolute Gasteiger partial charge is 0.375 e. The quantitative estimate of drug-likeness (QED) is 0.763. The number of hydrogen-bond donors (Lipinski definition) is 1. The van der Waals surface area contributed by atoms with Crippen molar-refractivity contribution in [2.24, 2.45) is 0 Å². The number of thiophene rings is 1. The highest BCUT2D eigenvalue weighted by molar-refractivity contribution is 7.09. The molecule has 134 valence electrons. The molecule has 25 heavy (non-hydrogen) atoms. The first-order chi connectivity index (χ1) is 12.3. The smallest absolute Gasteiger partial charge is 0.0691 e. The van der Waals surface area contributed by atoms with Gasteiger partial charge < -0.3 is 10.1 Å². The highest BCUT2D eigenvalue weighted by Gasteiger charge is 2.48. The first-order valence-electron chi connectivity index (χ1n) is 9.59. The molecule has 0 unspecified atom stereocenters. The fourth-order valence-corrected chi connectivity index (χ4v) is 5.42. The molecule has 1 aliphatic heterocycles. The summed E-state index contributed by atoms with van der Waals surface area (Å²) in [6.07, 6.45) is 10.4. The Morgan fingerprint density at radius 2 is 2.04 bits per heavy atom. The maximum absolute atomic E-state index is 6.32. The van der Waals surface area contributed by atoms with E-state index in [4.69, 9.17) is 9.72 Å². The van der Waals surface area contributed by atoms with E-state index in [-0.39, 0.29) is 11.0 Å². The van der Waals surface area contributed by atoms with Gasteiger partial charge in [0, 0.05) is 35.3 Å². The van der Waals surface area contributed by atoms with Gasteiger partial charge in [0.2, 0.25) is 0 Å². The van der Waals surface area contributed by atoms with E-state index in [9.17, 15) is 0 Å². The van der Waals surface area contributed by atoms with Crippen molar-refractivity contribution in [3.05, 3.63) is 52.5 Å². The van der Waals surface area contributed by atoms with Gasteiger partial charge in [-0.05, 0) is 62.2 Å². The third-order valence-corrected chi connectivity index (χ3v) is 6.91. The van der Waals surface area contributed by atoms with E-state index in [1.54, 1.807) is 0 Å². The lowest BCUT2D eigenvalue weighted by Gasteiger charge is -2.46. The van der Waals surface area contributed by atoms with Crippen molar-refractivity contribution in [1.29, 1.82) is 0 Å². The molecule has 1 spiro atoms. The van der Waals surface area contributed by atoms with Gasteiger partial charge >= 0.3 is 0 Å². The van der Waals surface area contributed by atoms with Crippen LogP contribution in [-0.2, 0) is 16.7 Å². The molecule has 4 rings (SSSR count). The number of rotatable bonds is 6. The van der Waals surface area contributed by atoms with Gasteiger partial charge in [-0.2, -0.15) is 0 Å². The second-order valence-corrected chi connectivity index (χ2v) is 8.70. The Morgan fingerprint density at radius 3 is 2.80 bits per heavy atom. The monoisotopic (exact) mass is 356 g/mol. The van der Waals surface area contributed by atoms with E-state index in [0.717, 1.165) is 39.0 Å². The van der Waals surface area contributed by atoms with Crippen LogP contribution in [0.5, 0.6) is 0 Å². The maximum Gasteiger partial charge on any atom is 0.0691 e. The molecule has 3 heterocycles. The lowest BCUT2D eigenvalue weighted by atomic mass is 9.68. The second-order valence-electron chi connectivity index (χ2n) is 7.67. The molecule has 0 amide bonds. The summed E-state index contributed by atoms with van der Waals surface area (Å²) in [5, 5.41) is 5.80. The molecule has 2 fully saturated rings. The first kappa shape index (κ1) is 17.2. The first-order valence-corrected chi connectivity index (χ1v) is 10.5. The Bertz CT molecular complexity index is 652. The molecule has 1 saturated carbocycles. The van der Waals surface area contributed by atoms with Crippen molar-refractivity contribution in [2.75, 3.05) is 13.2 Å². The molecule has 2 aliphatic rings. The van der Waals surface area contributed by atoms with E-state index < -0.39 is 0 Å². The molecule has 1 saturated heterocycles. The van der Waals surface area contributed by atoms with Crippen molar-refractivity contribution in [3.8, 4) is 0 Å². The summed E-state index contributed by atoms with van der Waals surface area (Å²) in [4.78, 5) is 6.18. The minimum Gasteiger partial charge on any atom is -0.375 e. The number of hydrogen-bond acceptors (Lipinski definition) is 4. The zero-order valence-electron chi connectivity index (χ0n) is 14.9. The predicted octanol–water partition coefficient (Wildman–Crippen LogP) is 4.68. The van der Waals surface area contributed by atoms with E-state index >= 15 is 0 Å². The lowest BCUT2D eigenvalue weighted by molar-refractivity contribution is -0.104. The highest BCUT2D eigenvalue weighted by Crippen LogP contribution is 2.49. The van der Waals surface area contributed by atoms with Crippen molar-refractivity contribution >= 4 is 11.3 Å². The van der Waals surface area contributed by atoms with E-state index in [2.05, 4.69) is 35.0 Å². The van der Waals surface area contributed by atoms with Gasteiger partial charge in [0.1, 0.15) is 0 Å². The Labute approximate surface area is 154 Å². The Hall–Kier alpha value is -1.23. The number of nitrogens with one attached hydrogen (secondary N) is 1. The van der Waals surface area contributed by atoms with Crippen LogP contribution in [0.3, 0.4) is 0 Å². The van der Waals surface area contributed by atoms with Crippen molar-refractivity contribution in [2.45, 2.75) is 62.5 Å². The minimum absolute atomic E-state index is 0.115. The fourth-order valence-electron chi connectivity index (χ4n) is 4.75. The molecular formula is C21H28N2OS. The standard InChI is InChI=1S/C21H28N2OS/c1-4-12-23-19(7-1)20(10-13-22-16-18-6-5-15-25-18)11-14-24-21(17-20)8-2-3-9-21/h1,4-7,12,15,22H,2-3,8-11,13-14,16-17H2/t20-/m0/s1. The van der Waals surface area contributed by atoms with Crippen LogP contribution in [0.1, 0.15) is 55.5 Å². The summed E-state index contributed by atoms with van der Waals surface area (Å²) >= 11 is 1.82. The summed E-state index contributed by atoms with van der Waals surface area (Å²) in [5.74, 6) is 0. The summed E-state index contributed by atoms with van der Waals surface area (Å²) in [6, 6.07) is 10.7. The van der Waals surface area contributed by atoms with E-state index in [1.165, 1.54) is 36.3 Å². The molecule has 1 atom stereocenters. The van der Waals surface area contributed by atoms with Crippen LogP contribution in [0.4, 0.5) is 0 Å². The van der Waals surface area contributed by atoms with Crippen molar-refractivity contribution in [1.82, 2.24) is 10.3 Å². The van der Waals surface area contributed by atoms with Gasteiger partial charge in [-0.25, -0.2) is 0 Å². The van der Waals surface area contributed by atoms with Crippen molar-refractivity contribution in [3.63, 3.8) is 0 Å². The zero-order chi connectivity index (χ0) is 17.0. The van der Waals surface area contributed by atoms with Gasteiger partial charge in [0.05, 0.1) is 5.60 Å². The van der Waals surface area contributed by atoms with E-state index in [1.807, 2.05) is 23.6 Å². The molecule has 2 aromatic rings. The van der Waals surface area contributed by atoms with Gasteiger partial charge in [0.25, 0.3) is 0 Å². The highest BCUT2D eigenvalue weighted by atomic mass is 32.1. The SMILES string of the molecule is c1ccc([C@@]2(CCNCc3cccs3)CCOC3(CCCC3)C2)nc1. The minimum atomic E-state index is 0.115. The summed E-state index contributed by atoms with van der Waals surface area (Å²) in [6.45, 7) is 2.88. The summed E-state index contributed by atoms with van der Waals surface area (Å²) < 4.78 is 6.32. The van der Waals surface area contributed by atoms with Gasteiger partial charge in [-0.1, -0.05) is 25.0 Å². The van der Waals surface area contributed by atoms with Crippen LogP contribution >= 0.6 is 11.3 Å². The van der Waals surface area contributed by atoms with Crippen LogP contribution < -0.4 is 5.32 Å². The fraction of sp³-hybridized carbons (Fsp3) is 0.571.